The van der Waals surface area contributed by atoms with Gasteiger partial charge in [-0.1, -0.05) is 0 Å². The highest BCUT2D eigenvalue weighted by atomic mass is 32.2. The van der Waals surface area contributed by atoms with Crippen molar-refractivity contribution in [3.63, 3.8) is 0 Å². The van der Waals surface area contributed by atoms with Crippen molar-refractivity contribution >= 4 is 38.8 Å². The highest BCUT2D eigenvalue weighted by Gasteiger charge is 2.25. The van der Waals surface area contributed by atoms with Crippen LogP contribution >= 0.6 is 11.3 Å². The Hall–Kier alpha value is -2.20. The molecule has 0 saturated heterocycles. The maximum absolute atomic E-state index is 12.2. The Labute approximate surface area is 125 Å². The van der Waals surface area contributed by atoms with Crippen LogP contribution in [0.15, 0.2) is 28.0 Å². The Morgan fingerprint density at radius 2 is 2.05 bits per heavy atom. The number of carboxylic acid groups (broad SMARTS) is 1. The summed E-state index contributed by atoms with van der Waals surface area (Å²) in [6.07, 6.45) is 1.36. The molecule has 2 aromatic rings. The molecule has 2 N–H and O–H groups in total. The van der Waals surface area contributed by atoms with Gasteiger partial charge >= 0.3 is 5.97 Å². The summed E-state index contributed by atoms with van der Waals surface area (Å²) in [4.78, 5) is 20.3. The van der Waals surface area contributed by atoms with Crippen LogP contribution in [-0.4, -0.2) is 43.6 Å². The number of aromatic nitrogens is 2. The van der Waals surface area contributed by atoms with E-state index in [1.165, 1.54) is 11.7 Å². The number of hydrogen-bond acceptors (Lipinski definition) is 7. The van der Waals surface area contributed by atoms with E-state index in [1.807, 2.05) is 14.1 Å². The third-order valence-corrected chi connectivity index (χ3v) is 5.19. The van der Waals surface area contributed by atoms with Gasteiger partial charge in [0.1, 0.15) is 5.82 Å². The number of carboxylic acids is 1. The molecule has 0 aromatic carbocycles. The standard InChI is InChI=1S/C11H12N4O4S2/c1-15(2)8-4-3-7(5-12-8)14-21(18,19)11-9(10(16)17)13-6-20-11/h3-6,14H,1-2H3,(H,16,17). The van der Waals surface area contributed by atoms with Crippen molar-refractivity contribution in [3.05, 3.63) is 29.5 Å². The van der Waals surface area contributed by atoms with E-state index in [9.17, 15) is 13.2 Å². The van der Waals surface area contributed by atoms with Crippen molar-refractivity contribution in [2.24, 2.45) is 0 Å². The average Bonchev–Trinajstić information content (AvgIpc) is 2.89. The molecule has 0 aliphatic heterocycles. The quantitative estimate of drug-likeness (QED) is 0.845. The third kappa shape index (κ3) is 3.28. The number of nitrogens with one attached hydrogen (secondary N) is 1. The molecule has 0 bridgehead atoms. The molecule has 0 aliphatic rings. The van der Waals surface area contributed by atoms with Gasteiger partial charge in [-0.25, -0.2) is 23.2 Å². The van der Waals surface area contributed by atoms with E-state index in [0.29, 0.717) is 5.82 Å². The van der Waals surface area contributed by atoms with Crippen LogP contribution < -0.4 is 9.62 Å². The molecule has 10 heteroatoms. The first kappa shape index (κ1) is 15.2. The first-order valence-electron chi connectivity index (χ1n) is 5.64. The van der Waals surface area contributed by atoms with Gasteiger partial charge in [0.15, 0.2) is 9.90 Å². The summed E-state index contributed by atoms with van der Waals surface area (Å²) < 4.78 is 26.3. The van der Waals surface area contributed by atoms with Crippen LogP contribution in [0.3, 0.4) is 0 Å². The molecule has 0 unspecified atom stereocenters. The summed E-state index contributed by atoms with van der Waals surface area (Å²) in [5, 5.41) is 8.92. The van der Waals surface area contributed by atoms with Gasteiger partial charge in [0.2, 0.25) is 0 Å². The van der Waals surface area contributed by atoms with E-state index < -0.39 is 21.7 Å². The molecule has 0 aliphatic carbocycles. The zero-order valence-electron chi connectivity index (χ0n) is 11.1. The van der Waals surface area contributed by atoms with Crippen LogP contribution in [0.25, 0.3) is 0 Å². The minimum atomic E-state index is -4.01. The lowest BCUT2D eigenvalue weighted by Gasteiger charge is -2.12. The largest absolute Gasteiger partial charge is 0.476 e. The zero-order valence-corrected chi connectivity index (χ0v) is 12.8. The molecule has 21 heavy (non-hydrogen) atoms. The fourth-order valence-corrected chi connectivity index (χ4v) is 3.67. The summed E-state index contributed by atoms with van der Waals surface area (Å²) in [5.41, 5.74) is 0.918. The van der Waals surface area contributed by atoms with Crippen molar-refractivity contribution in [3.8, 4) is 0 Å². The van der Waals surface area contributed by atoms with E-state index in [-0.39, 0.29) is 9.90 Å². The smallest absolute Gasteiger partial charge is 0.356 e. The van der Waals surface area contributed by atoms with Crippen LogP contribution in [0.5, 0.6) is 0 Å². The molecule has 0 spiro atoms. The topological polar surface area (TPSA) is 112 Å². The van der Waals surface area contributed by atoms with Crippen LogP contribution in [0, 0.1) is 0 Å². The first-order valence-corrected chi connectivity index (χ1v) is 8.00. The fourth-order valence-electron chi connectivity index (χ4n) is 1.48. The van der Waals surface area contributed by atoms with Crippen molar-refractivity contribution in [2.45, 2.75) is 4.21 Å². The highest BCUT2D eigenvalue weighted by Crippen LogP contribution is 2.23. The second-order valence-electron chi connectivity index (χ2n) is 4.20. The SMILES string of the molecule is CN(C)c1ccc(NS(=O)(=O)c2scnc2C(=O)O)cn1. The lowest BCUT2D eigenvalue weighted by Crippen LogP contribution is -2.16. The van der Waals surface area contributed by atoms with Gasteiger partial charge in [-0.2, -0.15) is 0 Å². The van der Waals surface area contributed by atoms with Crippen molar-refractivity contribution < 1.29 is 18.3 Å². The molecule has 0 fully saturated rings. The van der Waals surface area contributed by atoms with Crippen LogP contribution in [0.1, 0.15) is 10.5 Å². The number of nitrogens with zero attached hydrogens (tertiary/aromatic N) is 3. The summed E-state index contributed by atoms with van der Waals surface area (Å²) in [6.45, 7) is 0. The number of rotatable bonds is 5. The molecule has 2 heterocycles. The van der Waals surface area contributed by atoms with Gasteiger partial charge in [0, 0.05) is 14.1 Å². The average molecular weight is 328 g/mol. The summed E-state index contributed by atoms with van der Waals surface area (Å²) in [7, 11) is -0.391. The summed E-state index contributed by atoms with van der Waals surface area (Å²) in [6, 6.07) is 3.18. The van der Waals surface area contributed by atoms with Gasteiger partial charge in [0.05, 0.1) is 17.4 Å². The predicted molar refractivity (Wildman–Crippen MR) is 78.4 cm³/mol. The van der Waals surface area contributed by atoms with E-state index in [4.69, 9.17) is 5.11 Å². The Kier molecular flexibility index (Phi) is 4.09. The molecule has 0 atom stereocenters. The second kappa shape index (κ2) is 5.66. The fraction of sp³-hybridized carbons (Fsp3) is 0.182. The number of carbonyl (C=O) groups is 1. The van der Waals surface area contributed by atoms with Crippen molar-refractivity contribution in [1.29, 1.82) is 0 Å². The number of aromatic carboxylic acids is 1. The first-order chi connectivity index (χ1) is 9.81. The third-order valence-electron chi connectivity index (χ3n) is 2.44. The Balaban J connectivity index is 2.29. The minimum absolute atomic E-state index is 0.241. The molecule has 112 valence electrons. The van der Waals surface area contributed by atoms with E-state index in [1.54, 1.807) is 17.0 Å². The lowest BCUT2D eigenvalue weighted by molar-refractivity contribution is 0.0687. The van der Waals surface area contributed by atoms with E-state index in [0.717, 1.165) is 11.3 Å². The normalized spacial score (nSPS) is 11.1. The molecule has 8 nitrogen and oxygen atoms in total. The predicted octanol–water partition coefficient (Wildman–Crippen LogP) is 1.10. The zero-order chi connectivity index (χ0) is 15.6. The molecule has 2 aromatic heterocycles. The number of hydrogen-bond donors (Lipinski definition) is 2. The van der Waals surface area contributed by atoms with Crippen LogP contribution in [0.4, 0.5) is 11.5 Å². The molecular formula is C11H12N4O4S2. The Bertz CT molecular complexity index is 753. The lowest BCUT2D eigenvalue weighted by atomic mass is 10.4. The van der Waals surface area contributed by atoms with Gasteiger partial charge in [-0.3, -0.25) is 4.72 Å². The monoisotopic (exact) mass is 328 g/mol. The summed E-state index contributed by atoms with van der Waals surface area (Å²) in [5.74, 6) is -0.723. The van der Waals surface area contributed by atoms with E-state index >= 15 is 0 Å². The minimum Gasteiger partial charge on any atom is -0.476 e. The number of pyridine rings is 1. The molecular weight excluding hydrogens is 316 g/mol. The van der Waals surface area contributed by atoms with E-state index in [2.05, 4.69) is 14.7 Å². The maximum Gasteiger partial charge on any atom is 0.356 e. The van der Waals surface area contributed by atoms with Crippen molar-refractivity contribution in [2.75, 3.05) is 23.7 Å². The Morgan fingerprint density at radius 1 is 1.33 bits per heavy atom. The molecule has 0 amide bonds. The summed E-state index contributed by atoms with van der Waals surface area (Å²) >= 11 is 0.741. The Morgan fingerprint density at radius 3 is 2.57 bits per heavy atom. The second-order valence-corrected chi connectivity index (χ2v) is 6.93. The maximum atomic E-state index is 12.2. The number of anilines is 2. The van der Waals surface area contributed by atoms with Crippen LogP contribution in [-0.2, 0) is 10.0 Å². The van der Waals surface area contributed by atoms with Gasteiger partial charge in [0.25, 0.3) is 10.0 Å². The number of thiazole rings is 1. The molecule has 0 saturated carbocycles. The van der Waals surface area contributed by atoms with Gasteiger partial charge in [-0.15, -0.1) is 11.3 Å². The van der Waals surface area contributed by atoms with Gasteiger partial charge in [-0.05, 0) is 12.1 Å². The van der Waals surface area contributed by atoms with Crippen LogP contribution in [0.2, 0.25) is 0 Å². The van der Waals surface area contributed by atoms with Crippen molar-refractivity contribution in [1.82, 2.24) is 9.97 Å². The highest BCUT2D eigenvalue weighted by molar-refractivity contribution is 7.94. The number of sulfonamides is 1. The molecule has 2 rings (SSSR count). The molecule has 0 radical (unpaired) electrons. The van der Waals surface area contributed by atoms with Gasteiger partial charge < -0.3 is 10.0 Å².